The Bertz CT molecular complexity index is 427. The van der Waals surface area contributed by atoms with Crippen LogP contribution in [0.4, 0.5) is 6.01 Å². The van der Waals surface area contributed by atoms with Crippen molar-refractivity contribution in [2.45, 2.75) is 54.1 Å². The van der Waals surface area contributed by atoms with Crippen LogP contribution in [0.25, 0.3) is 0 Å². The van der Waals surface area contributed by atoms with Crippen LogP contribution in [0.5, 0.6) is 0 Å². The monoisotopic (exact) mass is 296 g/mol. The van der Waals surface area contributed by atoms with Crippen LogP contribution in [0.3, 0.4) is 0 Å². The van der Waals surface area contributed by atoms with Gasteiger partial charge in [-0.25, -0.2) is 0 Å². The number of ether oxygens (including phenoxy) is 1. The van der Waals surface area contributed by atoms with Gasteiger partial charge in [-0.1, -0.05) is 41.0 Å². The Hall–Kier alpha value is -1.36. The Morgan fingerprint density at radius 1 is 1.38 bits per heavy atom. The van der Waals surface area contributed by atoms with E-state index in [1.165, 1.54) is 0 Å². The third kappa shape index (κ3) is 5.87. The van der Waals surface area contributed by atoms with E-state index in [2.05, 4.69) is 25.8 Å². The molecule has 0 saturated carbocycles. The van der Waals surface area contributed by atoms with E-state index in [0.717, 1.165) is 18.5 Å². The van der Waals surface area contributed by atoms with Gasteiger partial charge >= 0.3 is 6.01 Å². The predicted molar refractivity (Wildman–Crippen MR) is 83.1 cm³/mol. The molecule has 0 unspecified atom stereocenters. The number of unbranched alkanes of at least 4 members (excludes halogenated alkanes) is 1. The lowest BCUT2D eigenvalue weighted by atomic mass is 10.2. The maximum absolute atomic E-state index is 12.3. The first-order valence-corrected chi connectivity index (χ1v) is 7.79. The van der Waals surface area contributed by atoms with Crippen LogP contribution in [-0.2, 0) is 16.1 Å². The van der Waals surface area contributed by atoms with Crippen molar-refractivity contribution in [2.24, 2.45) is 11.8 Å². The molecule has 1 aromatic heterocycles. The van der Waals surface area contributed by atoms with Crippen LogP contribution in [0.15, 0.2) is 10.7 Å². The number of oxazole rings is 1. The van der Waals surface area contributed by atoms with Crippen molar-refractivity contribution in [1.82, 2.24) is 4.98 Å². The molecule has 0 fully saturated rings. The highest BCUT2D eigenvalue weighted by Crippen LogP contribution is 2.18. The second-order valence-electron chi connectivity index (χ2n) is 6.03. The van der Waals surface area contributed by atoms with Crippen molar-refractivity contribution in [3.63, 3.8) is 0 Å². The topological polar surface area (TPSA) is 55.6 Å². The highest BCUT2D eigenvalue weighted by atomic mass is 16.5. The second-order valence-corrected chi connectivity index (χ2v) is 6.03. The Labute approximate surface area is 127 Å². The number of nitrogens with zero attached hydrogens (tertiary/aromatic N) is 2. The number of carbonyl (C=O) groups is 1. The zero-order chi connectivity index (χ0) is 15.8. The maximum Gasteiger partial charge on any atom is 0.304 e. The van der Waals surface area contributed by atoms with Crippen LogP contribution in [-0.4, -0.2) is 24.0 Å². The normalized spacial score (nSPS) is 11.4. The summed E-state index contributed by atoms with van der Waals surface area (Å²) in [4.78, 5) is 18.3. The molecule has 0 aliphatic carbocycles. The molecule has 0 aliphatic heterocycles. The van der Waals surface area contributed by atoms with Crippen molar-refractivity contribution < 1.29 is 13.9 Å². The van der Waals surface area contributed by atoms with Gasteiger partial charge in [-0.3, -0.25) is 9.69 Å². The van der Waals surface area contributed by atoms with Gasteiger partial charge < -0.3 is 9.15 Å². The minimum Gasteiger partial charge on any atom is -0.431 e. The summed E-state index contributed by atoms with van der Waals surface area (Å²) in [5.41, 5.74) is 0.726. The van der Waals surface area contributed by atoms with Crippen LogP contribution < -0.4 is 4.90 Å². The summed E-state index contributed by atoms with van der Waals surface area (Å²) < 4.78 is 11.0. The van der Waals surface area contributed by atoms with Gasteiger partial charge in [-0.05, 0) is 12.3 Å². The third-order valence-corrected chi connectivity index (χ3v) is 2.97. The number of hydrogen-bond acceptors (Lipinski definition) is 4. The first kappa shape index (κ1) is 17.7. The summed E-state index contributed by atoms with van der Waals surface area (Å²) in [6.07, 6.45) is 3.52. The molecule has 0 aliphatic rings. The number of aromatic nitrogens is 1. The lowest BCUT2D eigenvalue weighted by Crippen LogP contribution is -2.35. The molecule has 0 spiro atoms. The van der Waals surface area contributed by atoms with E-state index in [1.54, 1.807) is 11.2 Å². The summed E-state index contributed by atoms with van der Waals surface area (Å²) >= 11 is 0. The van der Waals surface area contributed by atoms with Gasteiger partial charge in [0.15, 0.2) is 0 Å². The highest BCUT2D eigenvalue weighted by molar-refractivity contribution is 5.92. The van der Waals surface area contributed by atoms with E-state index in [1.807, 2.05) is 13.8 Å². The molecule has 1 rings (SSSR count). The second kappa shape index (κ2) is 8.82. The molecule has 0 saturated heterocycles. The van der Waals surface area contributed by atoms with Crippen molar-refractivity contribution in [1.29, 1.82) is 0 Å². The average Bonchev–Trinajstić information content (AvgIpc) is 2.87. The molecule has 21 heavy (non-hydrogen) atoms. The minimum absolute atomic E-state index is 0.0416. The molecule has 120 valence electrons. The molecule has 1 heterocycles. The van der Waals surface area contributed by atoms with Crippen LogP contribution in [0, 0.1) is 11.8 Å². The van der Waals surface area contributed by atoms with E-state index >= 15 is 0 Å². The molecular weight excluding hydrogens is 268 g/mol. The van der Waals surface area contributed by atoms with Crippen molar-refractivity contribution in [3.8, 4) is 0 Å². The molecule has 0 aromatic carbocycles. The molecular formula is C16H28N2O3. The molecule has 0 radical (unpaired) electrons. The summed E-state index contributed by atoms with van der Waals surface area (Å²) in [5, 5.41) is 0. The van der Waals surface area contributed by atoms with Crippen molar-refractivity contribution in [2.75, 3.05) is 18.1 Å². The maximum atomic E-state index is 12.3. The van der Waals surface area contributed by atoms with Crippen LogP contribution in [0.1, 0.15) is 53.2 Å². The Kier molecular flexibility index (Phi) is 7.43. The summed E-state index contributed by atoms with van der Waals surface area (Å²) in [6.45, 7) is 11.8. The smallest absolute Gasteiger partial charge is 0.304 e. The molecule has 5 nitrogen and oxygen atoms in total. The van der Waals surface area contributed by atoms with Crippen molar-refractivity contribution in [3.05, 3.63) is 12.0 Å². The minimum atomic E-state index is -0.0746. The quantitative estimate of drug-likeness (QED) is 0.698. The Balaban J connectivity index is 2.70. The highest BCUT2D eigenvalue weighted by Gasteiger charge is 2.22. The van der Waals surface area contributed by atoms with E-state index in [0.29, 0.717) is 31.7 Å². The number of anilines is 1. The molecule has 1 amide bonds. The van der Waals surface area contributed by atoms with Crippen LogP contribution in [0.2, 0.25) is 0 Å². The van der Waals surface area contributed by atoms with Gasteiger partial charge in [0.25, 0.3) is 0 Å². The third-order valence-electron chi connectivity index (χ3n) is 2.97. The molecule has 1 aromatic rings. The predicted octanol–water partition coefficient (Wildman–Crippen LogP) is 3.64. The lowest BCUT2D eigenvalue weighted by molar-refractivity contribution is -0.121. The number of carbonyl (C=O) groups excluding carboxylic acids is 1. The molecule has 0 bridgehead atoms. The average molecular weight is 296 g/mol. The van der Waals surface area contributed by atoms with Gasteiger partial charge in [0.2, 0.25) is 5.91 Å². The summed E-state index contributed by atoms with van der Waals surface area (Å²) in [5.74, 6) is 0.453. The largest absolute Gasteiger partial charge is 0.431 e. The first-order chi connectivity index (χ1) is 9.95. The molecule has 0 N–H and O–H groups in total. The van der Waals surface area contributed by atoms with Gasteiger partial charge in [-0.15, -0.1) is 0 Å². The molecule has 5 heteroatoms. The first-order valence-electron chi connectivity index (χ1n) is 7.79. The molecule has 0 atom stereocenters. The SMILES string of the molecule is CCCCN(C(=O)C(C)C)c1nc(COCC(C)C)co1. The Morgan fingerprint density at radius 3 is 2.67 bits per heavy atom. The fraction of sp³-hybridized carbons (Fsp3) is 0.750. The van der Waals surface area contributed by atoms with Crippen LogP contribution >= 0.6 is 0 Å². The number of amides is 1. The van der Waals surface area contributed by atoms with Gasteiger partial charge in [0.05, 0.1) is 6.61 Å². The van der Waals surface area contributed by atoms with Gasteiger partial charge in [-0.2, -0.15) is 4.98 Å². The number of rotatable bonds is 9. The van der Waals surface area contributed by atoms with Gasteiger partial charge in [0, 0.05) is 19.1 Å². The van der Waals surface area contributed by atoms with E-state index in [4.69, 9.17) is 9.15 Å². The Morgan fingerprint density at radius 2 is 2.10 bits per heavy atom. The van der Waals surface area contributed by atoms with E-state index < -0.39 is 0 Å². The summed E-state index contributed by atoms with van der Waals surface area (Å²) in [6, 6.07) is 0.380. The van der Waals surface area contributed by atoms with E-state index in [-0.39, 0.29) is 11.8 Å². The fourth-order valence-corrected chi connectivity index (χ4v) is 1.81. The van der Waals surface area contributed by atoms with E-state index in [9.17, 15) is 4.79 Å². The fourth-order valence-electron chi connectivity index (χ4n) is 1.81. The zero-order valence-electron chi connectivity index (χ0n) is 13.9. The standard InChI is InChI=1S/C16H28N2O3/c1-6-7-8-18(15(19)13(4)5)16-17-14(11-21-16)10-20-9-12(2)3/h11-13H,6-10H2,1-5H3. The summed E-state index contributed by atoms with van der Waals surface area (Å²) in [7, 11) is 0. The van der Waals surface area contributed by atoms with Gasteiger partial charge in [0.1, 0.15) is 12.0 Å². The van der Waals surface area contributed by atoms with Crippen molar-refractivity contribution >= 4 is 11.9 Å². The zero-order valence-corrected chi connectivity index (χ0v) is 13.9. The number of hydrogen-bond donors (Lipinski definition) is 0. The lowest BCUT2D eigenvalue weighted by Gasteiger charge is -2.20.